The smallest absolute Gasteiger partial charge is 0.269 e. The number of thioether (sulfide) groups is 1. The van der Waals surface area contributed by atoms with Crippen molar-refractivity contribution in [1.82, 2.24) is 14.8 Å². The molecule has 2 aromatic carbocycles. The predicted molar refractivity (Wildman–Crippen MR) is 114 cm³/mol. The monoisotopic (exact) mass is 427 g/mol. The second-order valence-electron chi connectivity index (χ2n) is 6.66. The number of hydrogen-bond acceptors (Lipinski definition) is 7. The largest absolute Gasteiger partial charge is 0.485 e. The van der Waals surface area contributed by atoms with E-state index < -0.39 is 4.92 Å². The summed E-state index contributed by atoms with van der Waals surface area (Å²) < 4.78 is 7.63. The van der Waals surface area contributed by atoms with Crippen molar-refractivity contribution in [1.29, 1.82) is 0 Å². The Balaban J connectivity index is 1.53. The second-order valence-corrected chi connectivity index (χ2v) is 7.60. The third kappa shape index (κ3) is 5.35. The van der Waals surface area contributed by atoms with Crippen molar-refractivity contribution < 1.29 is 14.5 Å². The average Bonchev–Trinajstić information content (AvgIpc) is 3.06. The molecule has 0 bridgehead atoms. The lowest BCUT2D eigenvalue weighted by Crippen LogP contribution is -2.14. The van der Waals surface area contributed by atoms with Crippen LogP contribution in [0.3, 0.4) is 0 Å². The number of carbonyl (C=O) groups excluding carboxylic acids is 1. The van der Waals surface area contributed by atoms with Gasteiger partial charge < -0.3 is 14.6 Å². The summed E-state index contributed by atoms with van der Waals surface area (Å²) >= 11 is 1.24. The number of hydrogen-bond donors (Lipinski definition) is 1. The van der Waals surface area contributed by atoms with Gasteiger partial charge in [0.05, 0.1) is 10.7 Å². The highest BCUT2D eigenvalue weighted by molar-refractivity contribution is 7.99. The van der Waals surface area contributed by atoms with Gasteiger partial charge in [-0.3, -0.25) is 14.9 Å². The molecule has 10 heteroatoms. The van der Waals surface area contributed by atoms with E-state index in [9.17, 15) is 14.9 Å². The van der Waals surface area contributed by atoms with Crippen LogP contribution in [0.5, 0.6) is 5.75 Å². The van der Waals surface area contributed by atoms with E-state index in [4.69, 9.17) is 4.74 Å². The number of aromatic nitrogens is 3. The van der Waals surface area contributed by atoms with E-state index in [1.54, 1.807) is 4.57 Å². The number of nitrogens with one attached hydrogen (secondary N) is 1. The van der Waals surface area contributed by atoms with Gasteiger partial charge >= 0.3 is 0 Å². The van der Waals surface area contributed by atoms with E-state index in [-0.39, 0.29) is 24.0 Å². The first-order chi connectivity index (χ1) is 14.3. The lowest BCUT2D eigenvalue weighted by atomic mass is 10.1. The Bertz CT molecular complexity index is 1070. The van der Waals surface area contributed by atoms with Crippen LogP contribution in [0.1, 0.15) is 17.0 Å². The number of nitro benzene ring substituents is 1. The van der Waals surface area contributed by atoms with E-state index in [2.05, 4.69) is 21.6 Å². The highest BCUT2D eigenvalue weighted by atomic mass is 32.2. The molecule has 0 spiro atoms. The lowest BCUT2D eigenvalue weighted by Gasteiger charge is -2.09. The van der Waals surface area contributed by atoms with Crippen LogP contribution in [-0.4, -0.2) is 31.3 Å². The van der Waals surface area contributed by atoms with E-state index in [1.165, 1.54) is 41.6 Å². The molecule has 3 rings (SSSR count). The molecule has 1 amide bonds. The number of anilines is 1. The van der Waals surface area contributed by atoms with Gasteiger partial charge in [-0.1, -0.05) is 29.5 Å². The molecule has 156 valence electrons. The van der Waals surface area contributed by atoms with Gasteiger partial charge in [0.15, 0.2) is 11.0 Å². The van der Waals surface area contributed by atoms with Crippen LogP contribution in [0.4, 0.5) is 11.4 Å². The highest BCUT2D eigenvalue weighted by Crippen LogP contribution is 2.21. The Kier molecular flexibility index (Phi) is 6.68. The molecule has 0 fully saturated rings. The molecule has 0 saturated carbocycles. The first-order valence-corrected chi connectivity index (χ1v) is 10.1. The molecule has 0 radical (unpaired) electrons. The fraction of sp³-hybridized carbons (Fsp3) is 0.250. The molecule has 30 heavy (non-hydrogen) atoms. The van der Waals surface area contributed by atoms with Crippen molar-refractivity contribution in [3.63, 3.8) is 0 Å². The summed E-state index contributed by atoms with van der Waals surface area (Å²) in [6.45, 7) is 4.29. The SMILES string of the molecule is Cc1ccc(OCc2nnc(SCC(=O)Nc3ccc([N+](=O)[O-])cc3)n2C)c(C)c1. The number of nitro groups is 1. The molecule has 1 heterocycles. The Morgan fingerprint density at radius 3 is 2.60 bits per heavy atom. The predicted octanol–water partition coefficient (Wildman–Crippen LogP) is 3.65. The number of rotatable bonds is 8. The zero-order chi connectivity index (χ0) is 21.7. The molecule has 3 aromatic rings. The fourth-order valence-electron chi connectivity index (χ4n) is 2.69. The van der Waals surface area contributed by atoms with Crippen molar-refractivity contribution in [2.75, 3.05) is 11.1 Å². The minimum Gasteiger partial charge on any atom is -0.485 e. The van der Waals surface area contributed by atoms with Gasteiger partial charge in [0.1, 0.15) is 12.4 Å². The first-order valence-electron chi connectivity index (χ1n) is 9.09. The van der Waals surface area contributed by atoms with E-state index >= 15 is 0 Å². The van der Waals surface area contributed by atoms with E-state index in [0.717, 1.165) is 11.3 Å². The quantitative estimate of drug-likeness (QED) is 0.332. The van der Waals surface area contributed by atoms with Crippen LogP contribution >= 0.6 is 11.8 Å². The van der Waals surface area contributed by atoms with Gasteiger partial charge in [0, 0.05) is 24.9 Å². The van der Waals surface area contributed by atoms with Crippen LogP contribution in [0.15, 0.2) is 47.6 Å². The number of carbonyl (C=O) groups is 1. The molecular formula is C20H21N5O4S. The normalized spacial score (nSPS) is 10.6. The van der Waals surface area contributed by atoms with Crippen molar-refractivity contribution in [2.45, 2.75) is 25.6 Å². The van der Waals surface area contributed by atoms with E-state index in [0.29, 0.717) is 16.7 Å². The number of aryl methyl sites for hydroxylation is 2. The molecule has 0 unspecified atom stereocenters. The lowest BCUT2D eigenvalue weighted by molar-refractivity contribution is -0.384. The summed E-state index contributed by atoms with van der Waals surface area (Å²) in [6, 6.07) is 11.6. The molecular weight excluding hydrogens is 406 g/mol. The van der Waals surface area contributed by atoms with Crippen molar-refractivity contribution in [2.24, 2.45) is 7.05 Å². The zero-order valence-electron chi connectivity index (χ0n) is 16.8. The fourth-order valence-corrected chi connectivity index (χ4v) is 3.42. The number of nitrogens with zero attached hydrogens (tertiary/aromatic N) is 4. The molecule has 1 N–H and O–H groups in total. The maximum absolute atomic E-state index is 12.2. The molecule has 0 aliphatic rings. The number of amides is 1. The van der Waals surface area contributed by atoms with Crippen LogP contribution in [0.2, 0.25) is 0 Å². The summed E-state index contributed by atoms with van der Waals surface area (Å²) in [7, 11) is 1.82. The zero-order valence-corrected chi connectivity index (χ0v) is 17.6. The maximum atomic E-state index is 12.2. The topological polar surface area (TPSA) is 112 Å². The minimum absolute atomic E-state index is 0.0305. The summed E-state index contributed by atoms with van der Waals surface area (Å²) in [5.74, 6) is 1.32. The Morgan fingerprint density at radius 1 is 1.20 bits per heavy atom. The third-order valence-corrected chi connectivity index (χ3v) is 5.33. The number of non-ortho nitro benzene ring substituents is 1. The Labute approximate surface area is 177 Å². The van der Waals surface area contributed by atoms with Crippen molar-refractivity contribution in [3.05, 3.63) is 69.5 Å². The minimum atomic E-state index is -0.489. The Hall–Kier alpha value is -3.40. The maximum Gasteiger partial charge on any atom is 0.269 e. The van der Waals surface area contributed by atoms with Gasteiger partial charge in [-0.05, 0) is 37.6 Å². The average molecular weight is 427 g/mol. The van der Waals surface area contributed by atoms with Crippen LogP contribution in [0, 0.1) is 24.0 Å². The summed E-state index contributed by atoms with van der Waals surface area (Å²) in [5, 5.41) is 22.2. The summed E-state index contributed by atoms with van der Waals surface area (Å²) in [5.41, 5.74) is 2.68. The van der Waals surface area contributed by atoms with Crippen molar-refractivity contribution in [3.8, 4) is 5.75 Å². The molecule has 0 saturated heterocycles. The van der Waals surface area contributed by atoms with Crippen LogP contribution < -0.4 is 10.1 Å². The van der Waals surface area contributed by atoms with E-state index in [1.807, 2.05) is 33.0 Å². The number of benzene rings is 2. The van der Waals surface area contributed by atoms with Gasteiger partial charge in [0.2, 0.25) is 5.91 Å². The van der Waals surface area contributed by atoms with Gasteiger partial charge in [-0.2, -0.15) is 0 Å². The van der Waals surface area contributed by atoms with Crippen LogP contribution in [0.25, 0.3) is 0 Å². The van der Waals surface area contributed by atoms with Gasteiger partial charge in [-0.25, -0.2) is 0 Å². The third-order valence-electron chi connectivity index (χ3n) is 4.31. The van der Waals surface area contributed by atoms with Gasteiger partial charge in [-0.15, -0.1) is 10.2 Å². The van der Waals surface area contributed by atoms with Gasteiger partial charge in [0.25, 0.3) is 5.69 Å². The molecule has 1 aromatic heterocycles. The first kappa shape index (κ1) is 21.3. The van der Waals surface area contributed by atoms with Crippen molar-refractivity contribution >= 4 is 29.0 Å². The molecule has 9 nitrogen and oxygen atoms in total. The molecule has 0 aliphatic heterocycles. The molecule has 0 atom stereocenters. The summed E-state index contributed by atoms with van der Waals surface area (Å²) in [6.07, 6.45) is 0. The van der Waals surface area contributed by atoms with Crippen LogP contribution in [-0.2, 0) is 18.4 Å². The second kappa shape index (κ2) is 9.40. The summed E-state index contributed by atoms with van der Waals surface area (Å²) in [4.78, 5) is 22.3. The standard InChI is InChI=1S/C20H21N5O4S/c1-13-4-9-17(14(2)10-13)29-11-18-22-23-20(24(18)3)30-12-19(26)21-15-5-7-16(8-6-15)25(27)28/h4-10H,11-12H2,1-3H3,(H,21,26). The number of ether oxygens (including phenoxy) is 1. The highest BCUT2D eigenvalue weighted by Gasteiger charge is 2.13. The molecule has 0 aliphatic carbocycles. The Morgan fingerprint density at radius 2 is 1.93 bits per heavy atom.